The second kappa shape index (κ2) is 8.36. The Kier molecular flexibility index (Phi) is 5.93. The van der Waals surface area contributed by atoms with Crippen LogP contribution in [0.1, 0.15) is 42.7 Å². The summed E-state index contributed by atoms with van der Waals surface area (Å²) in [5.41, 5.74) is 0.904. The number of hydrogen-bond donors (Lipinski definition) is 1. The molecule has 0 aliphatic heterocycles. The number of carbonyl (C=O) groups is 2. The molecule has 1 saturated carbocycles. The largest absolute Gasteiger partial charge is 0.497 e. The lowest BCUT2D eigenvalue weighted by Crippen LogP contribution is -2.36. The van der Waals surface area contributed by atoms with Crippen LogP contribution in [-0.2, 0) is 16.1 Å². The first-order chi connectivity index (χ1) is 12.6. The third kappa shape index (κ3) is 4.85. The van der Waals surface area contributed by atoms with Gasteiger partial charge in [0, 0.05) is 17.8 Å². The molecule has 2 aromatic rings. The van der Waals surface area contributed by atoms with E-state index < -0.39 is 0 Å². The van der Waals surface area contributed by atoms with Gasteiger partial charge in [-0.05, 0) is 42.0 Å². The van der Waals surface area contributed by atoms with Gasteiger partial charge in [0.1, 0.15) is 5.75 Å². The number of rotatable bonds is 8. The van der Waals surface area contributed by atoms with E-state index in [4.69, 9.17) is 4.74 Å². The van der Waals surface area contributed by atoms with Crippen LogP contribution in [0.3, 0.4) is 0 Å². The Morgan fingerprint density at radius 2 is 2.00 bits per heavy atom. The Morgan fingerprint density at radius 1 is 1.27 bits per heavy atom. The van der Waals surface area contributed by atoms with Crippen molar-refractivity contribution in [2.75, 3.05) is 7.11 Å². The molecule has 5 nitrogen and oxygen atoms in total. The summed E-state index contributed by atoms with van der Waals surface area (Å²) in [6, 6.07) is 11.5. The minimum absolute atomic E-state index is 0.0791. The Morgan fingerprint density at radius 3 is 2.54 bits per heavy atom. The number of thiophene rings is 1. The molecule has 1 aromatic carbocycles. The molecular weight excluding hydrogens is 348 g/mol. The fourth-order valence-corrected chi connectivity index (χ4v) is 3.71. The lowest BCUT2D eigenvalue weighted by atomic mass is 10.0. The molecule has 1 aliphatic carbocycles. The monoisotopic (exact) mass is 372 g/mol. The Hall–Kier alpha value is -2.34. The predicted molar refractivity (Wildman–Crippen MR) is 102 cm³/mol. The second-order valence-corrected chi connectivity index (χ2v) is 7.59. The third-order valence-electron chi connectivity index (χ3n) is 4.49. The molecule has 2 amide bonds. The van der Waals surface area contributed by atoms with E-state index in [1.807, 2.05) is 40.6 Å². The highest BCUT2D eigenvalue weighted by atomic mass is 32.1. The zero-order valence-electron chi connectivity index (χ0n) is 15.1. The number of ether oxygens (including phenoxy) is 1. The fraction of sp³-hybridized carbons (Fsp3) is 0.400. The molecule has 138 valence electrons. The van der Waals surface area contributed by atoms with E-state index in [9.17, 15) is 9.59 Å². The summed E-state index contributed by atoms with van der Waals surface area (Å²) in [6.07, 6.45) is 2.38. The van der Waals surface area contributed by atoms with Crippen molar-refractivity contribution in [1.29, 1.82) is 0 Å². The van der Waals surface area contributed by atoms with Gasteiger partial charge in [0.25, 0.3) is 0 Å². The van der Waals surface area contributed by atoms with Crippen LogP contribution in [0.25, 0.3) is 0 Å². The molecule has 3 rings (SSSR count). The molecule has 1 aromatic heterocycles. The highest BCUT2D eigenvalue weighted by molar-refractivity contribution is 7.09. The number of nitrogens with zero attached hydrogens (tertiary/aromatic N) is 1. The number of hydrogen-bond acceptors (Lipinski definition) is 4. The van der Waals surface area contributed by atoms with Crippen LogP contribution < -0.4 is 10.1 Å². The van der Waals surface area contributed by atoms with Crippen molar-refractivity contribution < 1.29 is 14.3 Å². The number of nitrogens with one attached hydrogen (secondary N) is 1. The van der Waals surface area contributed by atoms with Crippen LogP contribution in [0.15, 0.2) is 41.8 Å². The van der Waals surface area contributed by atoms with Crippen molar-refractivity contribution in [2.45, 2.75) is 44.8 Å². The van der Waals surface area contributed by atoms with Gasteiger partial charge >= 0.3 is 0 Å². The molecule has 1 heterocycles. The summed E-state index contributed by atoms with van der Waals surface area (Å²) in [5.74, 6) is 0.685. The van der Waals surface area contributed by atoms with Gasteiger partial charge in [-0.1, -0.05) is 18.2 Å². The van der Waals surface area contributed by atoms with Crippen molar-refractivity contribution in [3.63, 3.8) is 0 Å². The van der Waals surface area contributed by atoms with Gasteiger partial charge in [0.2, 0.25) is 11.8 Å². The Balaban J connectivity index is 1.73. The molecule has 0 spiro atoms. The lowest BCUT2D eigenvalue weighted by molar-refractivity contribution is -0.133. The highest BCUT2D eigenvalue weighted by Gasteiger charge is 2.33. The predicted octanol–water partition coefficient (Wildman–Crippen LogP) is 3.52. The van der Waals surface area contributed by atoms with Crippen LogP contribution in [0.5, 0.6) is 5.75 Å². The van der Waals surface area contributed by atoms with Gasteiger partial charge in [-0.3, -0.25) is 9.59 Å². The summed E-state index contributed by atoms with van der Waals surface area (Å²) in [6.45, 7) is 2.13. The lowest BCUT2D eigenvalue weighted by Gasteiger charge is -2.25. The molecule has 1 N–H and O–H groups in total. The van der Waals surface area contributed by atoms with Gasteiger partial charge < -0.3 is 15.0 Å². The highest BCUT2D eigenvalue weighted by Crippen LogP contribution is 2.31. The van der Waals surface area contributed by atoms with Gasteiger partial charge in [-0.25, -0.2) is 0 Å². The fourth-order valence-electron chi connectivity index (χ4n) is 3.00. The number of methoxy groups -OCH3 is 1. The van der Waals surface area contributed by atoms with E-state index >= 15 is 0 Å². The molecule has 1 fully saturated rings. The van der Waals surface area contributed by atoms with E-state index in [1.54, 1.807) is 18.4 Å². The first-order valence-electron chi connectivity index (χ1n) is 8.79. The number of carbonyl (C=O) groups excluding carboxylic acids is 2. The van der Waals surface area contributed by atoms with Crippen LogP contribution in [0.4, 0.5) is 0 Å². The molecule has 0 radical (unpaired) electrons. The van der Waals surface area contributed by atoms with E-state index in [2.05, 4.69) is 11.4 Å². The minimum atomic E-state index is -0.338. The quantitative estimate of drug-likeness (QED) is 0.771. The SMILES string of the molecule is COc1ccc(C(CC(=O)N(Cc2cccs2)C2CC2)NC(C)=O)cc1. The van der Waals surface area contributed by atoms with Crippen LogP contribution >= 0.6 is 11.3 Å². The summed E-state index contributed by atoms with van der Waals surface area (Å²) in [7, 11) is 1.61. The smallest absolute Gasteiger partial charge is 0.225 e. The van der Waals surface area contributed by atoms with Crippen LogP contribution in [0, 0.1) is 0 Å². The van der Waals surface area contributed by atoms with Crippen LogP contribution in [-0.4, -0.2) is 29.9 Å². The van der Waals surface area contributed by atoms with Crippen molar-refractivity contribution in [3.05, 3.63) is 52.2 Å². The van der Waals surface area contributed by atoms with E-state index in [1.165, 1.54) is 11.8 Å². The van der Waals surface area contributed by atoms with E-state index in [0.29, 0.717) is 12.6 Å². The first-order valence-corrected chi connectivity index (χ1v) is 9.67. The zero-order valence-corrected chi connectivity index (χ0v) is 15.9. The average molecular weight is 372 g/mol. The van der Waals surface area contributed by atoms with Crippen molar-refractivity contribution in [2.24, 2.45) is 0 Å². The summed E-state index contributed by atoms with van der Waals surface area (Å²) >= 11 is 1.67. The average Bonchev–Trinajstić information content (AvgIpc) is 3.34. The van der Waals surface area contributed by atoms with Crippen LogP contribution in [0.2, 0.25) is 0 Å². The number of amides is 2. The summed E-state index contributed by atoms with van der Waals surface area (Å²) < 4.78 is 5.19. The normalized spacial score (nSPS) is 14.5. The maximum Gasteiger partial charge on any atom is 0.225 e. The minimum Gasteiger partial charge on any atom is -0.497 e. The van der Waals surface area contributed by atoms with Crippen molar-refractivity contribution >= 4 is 23.2 Å². The van der Waals surface area contributed by atoms with Crippen molar-refractivity contribution in [1.82, 2.24) is 10.2 Å². The van der Waals surface area contributed by atoms with Gasteiger partial charge in [-0.2, -0.15) is 0 Å². The molecule has 0 saturated heterocycles. The first kappa shape index (κ1) is 18.5. The molecule has 6 heteroatoms. The summed E-state index contributed by atoms with van der Waals surface area (Å²) in [4.78, 5) is 27.8. The van der Waals surface area contributed by atoms with Gasteiger partial charge in [0.15, 0.2) is 0 Å². The maximum atomic E-state index is 13.0. The second-order valence-electron chi connectivity index (χ2n) is 6.56. The molecule has 1 atom stereocenters. The zero-order chi connectivity index (χ0) is 18.5. The van der Waals surface area contributed by atoms with Crippen molar-refractivity contribution in [3.8, 4) is 5.75 Å². The standard InChI is InChI=1S/C20H24N2O3S/c1-14(23)21-19(15-5-9-17(25-2)10-6-15)12-20(24)22(16-7-8-16)13-18-4-3-11-26-18/h3-6,9-11,16,19H,7-8,12-13H2,1-2H3,(H,21,23). The van der Waals surface area contributed by atoms with Gasteiger partial charge in [0.05, 0.1) is 26.1 Å². The topological polar surface area (TPSA) is 58.6 Å². The Bertz CT molecular complexity index is 739. The summed E-state index contributed by atoms with van der Waals surface area (Å²) in [5, 5.41) is 4.94. The molecule has 26 heavy (non-hydrogen) atoms. The maximum absolute atomic E-state index is 13.0. The van der Waals surface area contributed by atoms with E-state index in [-0.39, 0.29) is 24.3 Å². The van der Waals surface area contributed by atoms with E-state index in [0.717, 1.165) is 24.2 Å². The molecular formula is C20H24N2O3S. The number of benzene rings is 1. The molecule has 1 unspecified atom stereocenters. The van der Waals surface area contributed by atoms with Gasteiger partial charge in [-0.15, -0.1) is 11.3 Å². The Labute approximate surface area is 158 Å². The molecule has 1 aliphatic rings. The molecule has 0 bridgehead atoms. The third-order valence-corrected chi connectivity index (χ3v) is 5.35.